The molecule has 0 heterocycles. The fraction of sp³-hybridized carbons (Fsp3) is 0.929. The van der Waals surface area contributed by atoms with Crippen LogP contribution in [-0.2, 0) is 9.47 Å². The van der Waals surface area contributed by atoms with E-state index in [4.69, 9.17) is 9.47 Å². The third kappa shape index (κ3) is 16.0. The van der Waals surface area contributed by atoms with Crippen molar-refractivity contribution >= 4 is 29.9 Å². The van der Waals surface area contributed by atoms with Crippen LogP contribution in [-0.4, -0.2) is 52.5 Å². The number of ether oxygens (including phenoxy) is 2. The Hall–Kier alpha value is -0.0800. The van der Waals surface area contributed by atoms with Crippen LogP contribution in [0, 0.1) is 0 Å². The molecule has 0 unspecified atom stereocenters. The third-order valence-corrected chi connectivity index (χ3v) is 2.60. The van der Waals surface area contributed by atoms with Gasteiger partial charge in [0.2, 0.25) is 0 Å². The number of hydrogen-bond donors (Lipinski definition) is 2. The van der Waals surface area contributed by atoms with Gasteiger partial charge in [-0.2, -0.15) is 0 Å². The van der Waals surface area contributed by atoms with Gasteiger partial charge in [-0.05, 0) is 12.8 Å². The quantitative estimate of drug-likeness (QED) is 0.228. The maximum Gasteiger partial charge on any atom is 0.191 e. The predicted molar refractivity (Wildman–Crippen MR) is 96.2 cm³/mol. The van der Waals surface area contributed by atoms with Crippen molar-refractivity contribution in [3.05, 3.63) is 0 Å². The van der Waals surface area contributed by atoms with Crippen LogP contribution in [0.15, 0.2) is 4.99 Å². The first-order valence-electron chi connectivity index (χ1n) is 7.45. The van der Waals surface area contributed by atoms with Gasteiger partial charge in [0.15, 0.2) is 5.96 Å². The zero-order chi connectivity index (χ0) is 14.2. The van der Waals surface area contributed by atoms with Crippen molar-refractivity contribution in [2.24, 2.45) is 4.99 Å². The molecule has 5 nitrogen and oxygen atoms in total. The molecule has 0 aromatic carbocycles. The lowest BCUT2D eigenvalue weighted by atomic mass is 10.3. The molecule has 0 saturated heterocycles. The standard InChI is InChI=1S/C14H31N3O2.HI/c1-4-6-8-16-14(15-3)17-9-11-19-13-12-18-10-7-5-2;/h4-13H2,1-3H3,(H2,15,16,17);1H. The Morgan fingerprint density at radius 2 is 1.45 bits per heavy atom. The summed E-state index contributed by atoms with van der Waals surface area (Å²) in [4.78, 5) is 4.14. The maximum absolute atomic E-state index is 5.46. The van der Waals surface area contributed by atoms with Gasteiger partial charge in [-0.1, -0.05) is 26.7 Å². The number of hydrogen-bond acceptors (Lipinski definition) is 3. The summed E-state index contributed by atoms with van der Waals surface area (Å²) in [5.74, 6) is 0.844. The van der Waals surface area contributed by atoms with E-state index in [0.29, 0.717) is 19.8 Å². The van der Waals surface area contributed by atoms with Crippen molar-refractivity contribution in [1.29, 1.82) is 0 Å². The molecule has 0 fully saturated rings. The second-order valence-corrected chi connectivity index (χ2v) is 4.36. The number of guanidine groups is 1. The van der Waals surface area contributed by atoms with E-state index in [1.807, 2.05) is 0 Å². The monoisotopic (exact) mass is 401 g/mol. The molecule has 6 heteroatoms. The first kappa shape index (κ1) is 22.2. The summed E-state index contributed by atoms with van der Waals surface area (Å²) >= 11 is 0. The van der Waals surface area contributed by atoms with Crippen LogP contribution >= 0.6 is 24.0 Å². The van der Waals surface area contributed by atoms with Crippen LogP contribution in [0.25, 0.3) is 0 Å². The number of nitrogens with one attached hydrogen (secondary N) is 2. The van der Waals surface area contributed by atoms with Gasteiger partial charge in [0.25, 0.3) is 0 Å². The molecule has 0 bridgehead atoms. The van der Waals surface area contributed by atoms with E-state index in [1.165, 1.54) is 12.8 Å². The Kier molecular flexibility index (Phi) is 21.0. The molecule has 0 aliphatic rings. The maximum atomic E-state index is 5.46. The normalized spacial score (nSPS) is 11.1. The minimum atomic E-state index is 0. The van der Waals surface area contributed by atoms with E-state index in [1.54, 1.807) is 7.05 Å². The summed E-state index contributed by atoms with van der Waals surface area (Å²) in [5.41, 5.74) is 0. The van der Waals surface area contributed by atoms with Gasteiger partial charge in [0.1, 0.15) is 0 Å². The van der Waals surface area contributed by atoms with Crippen LogP contribution in [0.2, 0.25) is 0 Å². The molecule has 2 N–H and O–H groups in total. The lowest BCUT2D eigenvalue weighted by Crippen LogP contribution is -2.39. The molecule has 122 valence electrons. The number of aliphatic imine (C=N–C) groups is 1. The number of unbranched alkanes of at least 4 members (excludes halogenated alkanes) is 2. The first-order valence-corrected chi connectivity index (χ1v) is 7.45. The van der Waals surface area contributed by atoms with E-state index in [0.717, 1.165) is 38.5 Å². The first-order chi connectivity index (χ1) is 9.35. The summed E-state index contributed by atoms with van der Waals surface area (Å²) in [6, 6.07) is 0. The van der Waals surface area contributed by atoms with Gasteiger partial charge in [0.05, 0.1) is 19.8 Å². The Balaban J connectivity index is 0. The van der Waals surface area contributed by atoms with Gasteiger partial charge in [-0.3, -0.25) is 4.99 Å². The molecule has 0 aromatic heterocycles. The Morgan fingerprint density at radius 3 is 2.05 bits per heavy atom. The van der Waals surface area contributed by atoms with Gasteiger partial charge < -0.3 is 20.1 Å². The Morgan fingerprint density at radius 1 is 0.850 bits per heavy atom. The van der Waals surface area contributed by atoms with E-state index in [9.17, 15) is 0 Å². The summed E-state index contributed by atoms with van der Waals surface area (Å²) in [5, 5.41) is 6.47. The molecule has 0 aromatic rings. The van der Waals surface area contributed by atoms with Crippen molar-refractivity contribution in [3.63, 3.8) is 0 Å². The van der Waals surface area contributed by atoms with E-state index in [2.05, 4.69) is 29.5 Å². The highest BCUT2D eigenvalue weighted by molar-refractivity contribution is 14.0. The summed E-state index contributed by atoms with van der Waals surface area (Å²) in [7, 11) is 1.78. The van der Waals surface area contributed by atoms with Crippen LogP contribution in [0.3, 0.4) is 0 Å². The molecule has 0 saturated carbocycles. The van der Waals surface area contributed by atoms with Crippen LogP contribution in [0.1, 0.15) is 39.5 Å². The summed E-state index contributed by atoms with van der Waals surface area (Å²) < 4.78 is 10.9. The van der Waals surface area contributed by atoms with Crippen molar-refractivity contribution in [2.75, 3.05) is 46.6 Å². The minimum Gasteiger partial charge on any atom is -0.379 e. The largest absolute Gasteiger partial charge is 0.379 e. The predicted octanol–water partition coefficient (Wildman–Crippen LogP) is 2.40. The number of nitrogens with zero attached hydrogens (tertiary/aromatic N) is 1. The second-order valence-electron chi connectivity index (χ2n) is 4.36. The summed E-state index contributed by atoms with van der Waals surface area (Å²) in [6.07, 6.45) is 4.65. The molecule has 0 amide bonds. The van der Waals surface area contributed by atoms with Crippen LogP contribution in [0.4, 0.5) is 0 Å². The van der Waals surface area contributed by atoms with Crippen molar-refractivity contribution in [2.45, 2.75) is 39.5 Å². The van der Waals surface area contributed by atoms with Crippen LogP contribution in [0.5, 0.6) is 0 Å². The molecule has 0 spiro atoms. The van der Waals surface area contributed by atoms with E-state index in [-0.39, 0.29) is 24.0 Å². The van der Waals surface area contributed by atoms with Crippen molar-refractivity contribution in [3.8, 4) is 0 Å². The molecule has 0 rings (SSSR count). The van der Waals surface area contributed by atoms with Crippen LogP contribution < -0.4 is 10.6 Å². The molecule has 0 aliphatic carbocycles. The minimum absolute atomic E-state index is 0. The highest BCUT2D eigenvalue weighted by Gasteiger charge is 1.95. The Labute approximate surface area is 141 Å². The lowest BCUT2D eigenvalue weighted by Gasteiger charge is -2.11. The fourth-order valence-electron chi connectivity index (χ4n) is 1.41. The lowest BCUT2D eigenvalue weighted by molar-refractivity contribution is 0.0487. The number of halogens is 1. The zero-order valence-corrected chi connectivity index (χ0v) is 15.6. The average molecular weight is 401 g/mol. The van der Waals surface area contributed by atoms with Gasteiger partial charge in [-0.25, -0.2) is 0 Å². The topological polar surface area (TPSA) is 54.9 Å². The Bertz CT molecular complexity index is 217. The SMILES string of the molecule is CCCCNC(=NC)NCCOCCOCCCC.I. The zero-order valence-electron chi connectivity index (χ0n) is 13.2. The molecular formula is C14H32IN3O2. The molecule has 0 aliphatic heterocycles. The van der Waals surface area contributed by atoms with Gasteiger partial charge in [0, 0.05) is 26.7 Å². The van der Waals surface area contributed by atoms with E-state index >= 15 is 0 Å². The van der Waals surface area contributed by atoms with Gasteiger partial charge in [-0.15, -0.1) is 24.0 Å². The van der Waals surface area contributed by atoms with Gasteiger partial charge >= 0.3 is 0 Å². The van der Waals surface area contributed by atoms with Crippen molar-refractivity contribution in [1.82, 2.24) is 10.6 Å². The number of rotatable bonds is 12. The fourth-order valence-corrected chi connectivity index (χ4v) is 1.41. The third-order valence-electron chi connectivity index (χ3n) is 2.60. The molecule has 0 atom stereocenters. The van der Waals surface area contributed by atoms with Crippen molar-refractivity contribution < 1.29 is 9.47 Å². The highest BCUT2D eigenvalue weighted by Crippen LogP contribution is 1.87. The molecular weight excluding hydrogens is 369 g/mol. The molecule has 0 radical (unpaired) electrons. The average Bonchev–Trinajstić information content (AvgIpc) is 2.43. The molecule has 20 heavy (non-hydrogen) atoms. The smallest absolute Gasteiger partial charge is 0.191 e. The second kappa shape index (κ2) is 18.9. The summed E-state index contributed by atoms with van der Waals surface area (Å²) in [6.45, 7) is 8.92. The highest BCUT2D eigenvalue weighted by atomic mass is 127. The van der Waals surface area contributed by atoms with E-state index < -0.39 is 0 Å².